The molecule has 15 heavy (non-hydrogen) atoms. The first-order valence-electron chi connectivity index (χ1n) is 4.13. The maximum absolute atomic E-state index is 11.2. The van der Waals surface area contributed by atoms with E-state index in [1.807, 2.05) is 0 Å². The highest BCUT2D eigenvalue weighted by Crippen LogP contribution is 2.17. The molecule has 0 aliphatic carbocycles. The molecular weight excluding hydrogens is 200 g/mol. The summed E-state index contributed by atoms with van der Waals surface area (Å²) < 4.78 is 4.76. The van der Waals surface area contributed by atoms with Crippen molar-refractivity contribution in [1.29, 1.82) is 0 Å². The summed E-state index contributed by atoms with van der Waals surface area (Å²) in [6.45, 7) is 0. The number of ether oxygens (including phenoxy) is 1. The van der Waals surface area contributed by atoms with Gasteiger partial charge in [-0.05, 0) is 6.08 Å². The summed E-state index contributed by atoms with van der Waals surface area (Å²) in [4.78, 5) is 22.3. The standard InChI is InChI=1S/C9H10N2O4/c1-10(2)6-7-5-8(15-9(7)12)3-4-11(13)14/h3-6H,1-2H3/b4-3+,7-6?. The number of nitro groups is 1. The summed E-state index contributed by atoms with van der Waals surface area (Å²) in [5.41, 5.74) is 0.364. The van der Waals surface area contributed by atoms with Crippen LogP contribution >= 0.6 is 0 Å². The third-order valence-electron chi connectivity index (χ3n) is 1.50. The molecule has 6 nitrogen and oxygen atoms in total. The predicted molar refractivity (Wildman–Crippen MR) is 52.1 cm³/mol. The van der Waals surface area contributed by atoms with E-state index in [1.165, 1.54) is 6.08 Å². The van der Waals surface area contributed by atoms with Gasteiger partial charge in [0.05, 0.1) is 16.6 Å². The van der Waals surface area contributed by atoms with Gasteiger partial charge < -0.3 is 9.64 Å². The van der Waals surface area contributed by atoms with E-state index in [1.54, 1.807) is 25.2 Å². The average molecular weight is 210 g/mol. The zero-order chi connectivity index (χ0) is 11.4. The molecule has 0 bridgehead atoms. The molecule has 0 radical (unpaired) electrons. The topological polar surface area (TPSA) is 72.7 Å². The van der Waals surface area contributed by atoms with Crippen molar-refractivity contribution in [3.63, 3.8) is 0 Å². The van der Waals surface area contributed by atoms with Crippen molar-refractivity contribution < 1.29 is 14.5 Å². The maximum atomic E-state index is 11.2. The highest BCUT2D eigenvalue weighted by atomic mass is 16.6. The molecular formula is C9H10N2O4. The van der Waals surface area contributed by atoms with Crippen molar-refractivity contribution in [3.05, 3.63) is 46.0 Å². The number of esters is 1. The maximum Gasteiger partial charge on any atom is 0.345 e. The molecule has 0 saturated heterocycles. The highest BCUT2D eigenvalue weighted by Gasteiger charge is 2.19. The fourth-order valence-corrected chi connectivity index (χ4v) is 0.992. The van der Waals surface area contributed by atoms with E-state index < -0.39 is 10.9 Å². The number of carbonyl (C=O) groups excluding carboxylic acids is 1. The van der Waals surface area contributed by atoms with Crippen LogP contribution in [-0.4, -0.2) is 29.9 Å². The van der Waals surface area contributed by atoms with Crippen LogP contribution in [0.1, 0.15) is 0 Å². The molecule has 0 saturated carbocycles. The minimum Gasteiger partial charge on any atom is -0.423 e. The molecule has 0 unspecified atom stereocenters. The summed E-state index contributed by atoms with van der Waals surface area (Å²) in [6.07, 6.45) is 4.88. The van der Waals surface area contributed by atoms with Crippen LogP contribution in [0.4, 0.5) is 0 Å². The number of nitrogens with zero attached hydrogens (tertiary/aromatic N) is 2. The molecule has 1 heterocycles. The van der Waals surface area contributed by atoms with Crippen LogP contribution in [-0.2, 0) is 9.53 Å². The van der Waals surface area contributed by atoms with Gasteiger partial charge in [0.15, 0.2) is 0 Å². The summed E-state index contributed by atoms with van der Waals surface area (Å²) in [6, 6.07) is 0. The molecule has 0 spiro atoms. The van der Waals surface area contributed by atoms with Gasteiger partial charge in [0.2, 0.25) is 6.20 Å². The Bertz CT molecular complexity index is 380. The highest BCUT2D eigenvalue weighted by molar-refractivity contribution is 5.95. The number of hydrogen-bond donors (Lipinski definition) is 0. The van der Waals surface area contributed by atoms with Crippen LogP contribution in [0.15, 0.2) is 35.9 Å². The van der Waals surface area contributed by atoms with Gasteiger partial charge in [-0.2, -0.15) is 0 Å². The third kappa shape index (κ3) is 3.26. The van der Waals surface area contributed by atoms with Gasteiger partial charge in [0.25, 0.3) is 0 Å². The minimum atomic E-state index is -0.623. The second kappa shape index (κ2) is 4.41. The molecule has 1 rings (SSSR count). The Balaban J connectivity index is 2.80. The SMILES string of the molecule is CN(C)C=C1C=C(/C=C/[N+](=O)[O-])OC1=O. The van der Waals surface area contributed by atoms with Crippen LogP contribution in [0, 0.1) is 10.1 Å². The monoisotopic (exact) mass is 210 g/mol. The first-order valence-corrected chi connectivity index (χ1v) is 4.13. The van der Waals surface area contributed by atoms with E-state index in [2.05, 4.69) is 0 Å². The molecule has 6 heteroatoms. The van der Waals surface area contributed by atoms with Gasteiger partial charge in [-0.15, -0.1) is 0 Å². The Hall–Kier alpha value is -2.11. The molecule has 0 fully saturated rings. The van der Waals surface area contributed by atoms with Crippen molar-refractivity contribution in [2.45, 2.75) is 0 Å². The molecule has 0 aromatic rings. The third-order valence-corrected chi connectivity index (χ3v) is 1.50. The molecule has 1 aliphatic heterocycles. The largest absolute Gasteiger partial charge is 0.423 e. The lowest BCUT2D eigenvalue weighted by molar-refractivity contribution is -0.402. The Morgan fingerprint density at radius 2 is 2.20 bits per heavy atom. The van der Waals surface area contributed by atoms with E-state index in [0.717, 1.165) is 12.3 Å². The normalized spacial score (nSPS) is 18.1. The van der Waals surface area contributed by atoms with Crippen LogP contribution in [0.25, 0.3) is 0 Å². The van der Waals surface area contributed by atoms with Crippen molar-refractivity contribution in [2.75, 3.05) is 14.1 Å². The van der Waals surface area contributed by atoms with Crippen molar-refractivity contribution in [3.8, 4) is 0 Å². The summed E-state index contributed by atoms with van der Waals surface area (Å²) in [5.74, 6) is -0.337. The lowest BCUT2D eigenvalue weighted by Crippen LogP contribution is -2.05. The predicted octanol–water partition coefficient (Wildman–Crippen LogP) is 0.663. The molecule has 0 aromatic carbocycles. The second-order valence-corrected chi connectivity index (χ2v) is 3.09. The van der Waals surface area contributed by atoms with Gasteiger partial charge in [-0.3, -0.25) is 10.1 Å². The van der Waals surface area contributed by atoms with Crippen molar-refractivity contribution in [2.24, 2.45) is 0 Å². The molecule has 1 aliphatic rings. The minimum absolute atomic E-state index is 0.171. The molecule has 0 N–H and O–H groups in total. The Kier molecular flexibility index (Phi) is 3.22. The van der Waals surface area contributed by atoms with E-state index in [-0.39, 0.29) is 5.76 Å². The van der Waals surface area contributed by atoms with Gasteiger partial charge in [-0.25, -0.2) is 4.79 Å². The number of rotatable bonds is 3. The van der Waals surface area contributed by atoms with E-state index >= 15 is 0 Å². The van der Waals surface area contributed by atoms with Crippen LogP contribution < -0.4 is 0 Å². The summed E-state index contributed by atoms with van der Waals surface area (Å²) >= 11 is 0. The number of hydrogen-bond acceptors (Lipinski definition) is 5. The second-order valence-electron chi connectivity index (χ2n) is 3.09. The quantitative estimate of drug-likeness (QED) is 0.296. The molecule has 0 atom stereocenters. The first-order chi connectivity index (χ1) is 6.99. The van der Waals surface area contributed by atoms with Crippen LogP contribution in [0.3, 0.4) is 0 Å². The van der Waals surface area contributed by atoms with Gasteiger partial charge in [0, 0.05) is 20.3 Å². The number of carbonyl (C=O) groups is 1. The Morgan fingerprint density at radius 1 is 1.53 bits per heavy atom. The zero-order valence-corrected chi connectivity index (χ0v) is 8.34. The van der Waals surface area contributed by atoms with Gasteiger partial charge in [-0.1, -0.05) is 0 Å². The van der Waals surface area contributed by atoms with Crippen molar-refractivity contribution >= 4 is 5.97 Å². The lowest BCUT2D eigenvalue weighted by Gasteiger charge is -2.03. The zero-order valence-electron chi connectivity index (χ0n) is 8.34. The first kappa shape index (κ1) is 11.0. The van der Waals surface area contributed by atoms with E-state index in [0.29, 0.717) is 5.57 Å². The molecule has 80 valence electrons. The van der Waals surface area contributed by atoms with E-state index in [9.17, 15) is 14.9 Å². The molecule has 0 amide bonds. The fraction of sp³-hybridized carbons (Fsp3) is 0.222. The van der Waals surface area contributed by atoms with Crippen LogP contribution in [0.5, 0.6) is 0 Å². The Labute approximate surface area is 86.3 Å². The van der Waals surface area contributed by atoms with Gasteiger partial charge >= 0.3 is 5.97 Å². The van der Waals surface area contributed by atoms with E-state index in [4.69, 9.17) is 4.74 Å². The summed E-state index contributed by atoms with van der Waals surface area (Å²) in [7, 11) is 3.53. The van der Waals surface area contributed by atoms with Crippen molar-refractivity contribution in [1.82, 2.24) is 4.90 Å². The number of cyclic esters (lactones) is 1. The fourth-order valence-electron chi connectivity index (χ4n) is 0.992. The smallest absolute Gasteiger partial charge is 0.345 e. The average Bonchev–Trinajstić information content (AvgIpc) is 2.43. The Morgan fingerprint density at radius 3 is 2.73 bits per heavy atom. The lowest BCUT2D eigenvalue weighted by atomic mass is 10.3. The molecule has 0 aromatic heterocycles. The van der Waals surface area contributed by atoms with Crippen LogP contribution in [0.2, 0.25) is 0 Å². The summed E-state index contributed by atoms with van der Waals surface area (Å²) in [5, 5.41) is 10.0. The number of allylic oxidation sites excluding steroid dienone is 1. The van der Waals surface area contributed by atoms with Gasteiger partial charge in [0.1, 0.15) is 5.76 Å².